The molecule has 0 spiro atoms. The third-order valence-electron chi connectivity index (χ3n) is 5.49. The summed E-state index contributed by atoms with van der Waals surface area (Å²) in [6, 6.07) is 11.7. The molecule has 1 atom stereocenters. The van der Waals surface area contributed by atoms with Crippen LogP contribution in [0.25, 0.3) is 5.76 Å². The number of likely N-dealkylation sites (N-methyl/N-ethyl adjacent to an activating group) is 1. The topological polar surface area (TPSA) is 80.5 Å². The number of Topliss-reactive ketones (excluding diaryl/α,β-unsaturated/α-hetero) is 1. The van der Waals surface area contributed by atoms with Gasteiger partial charge >= 0.3 is 0 Å². The number of ketones is 1. The highest BCUT2D eigenvalue weighted by atomic mass is 16.5. The number of methoxy groups -OCH3 is 2. The summed E-state index contributed by atoms with van der Waals surface area (Å²) in [5, 5.41) is 11.2. The lowest BCUT2D eigenvalue weighted by atomic mass is 9.94. The molecular formula is C24H29N2O5+. The Labute approximate surface area is 182 Å². The Balaban J connectivity index is 2.20. The van der Waals surface area contributed by atoms with E-state index in [-0.39, 0.29) is 11.3 Å². The van der Waals surface area contributed by atoms with Gasteiger partial charge in [0.05, 0.1) is 53.0 Å². The highest BCUT2D eigenvalue weighted by molar-refractivity contribution is 6.46. The standard InChI is InChI=1S/C24H28N2O5/c1-15-14-16(10-11-18(15)30-4)22(27)20-21(17-8-6-7-9-19(17)31-5)26(13-12-25(2)3)24(29)23(20)28/h6-11,14,21,27H,12-13H2,1-5H3/p+1/t21-/m1/s1. The van der Waals surface area contributed by atoms with Crippen molar-refractivity contribution in [1.29, 1.82) is 0 Å². The van der Waals surface area contributed by atoms with E-state index in [0.29, 0.717) is 35.7 Å². The highest BCUT2D eigenvalue weighted by Gasteiger charge is 2.47. The second kappa shape index (κ2) is 9.22. The Morgan fingerprint density at radius 2 is 1.74 bits per heavy atom. The number of hydrogen-bond acceptors (Lipinski definition) is 5. The quantitative estimate of drug-likeness (QED) is 0.400. The molecule has 2 N–H and O–H groups in total. The number of amides is 1. The number of carbonyl (C=O) groups excluding carboxylic acids is 2. The molecule has 1 fully saturated rings. The lowest BCUT2D eigenvalue weighted by molar-refractivity contribution is -0.857. The van der Waals surface area contributed by atoms with Crippen LogP contribution in [0.2, 0.25) is 0 Å². The van der Waals surface area contributed by atoms with Crippen molar-refractivity contribution in [3.63, 3.8) is 0 Å². The summed E-state index contributed by atoms with van der Waals surface area (Å²) in [6.45, 7) is 2.88. The summed E-state index contributed by atoms with van der Waals surface area (Å²) in [7, 11) is 7.08. The molecule has 7 heteroatoms. The smallest absolute Gasteiger partial charge is 0.295 e. The SMILES string of the molecule is COc1ccc(C(O)=C2C(=O)C(=O)N(CC[NH+](C)C)[C@@H]2c2ccccc2OC)cc1C. The number of carbonyl (C=O) groups is 2. The predicted molar refractivity (Wildman–Crippen MR) is 117 cm³/mol. The van der Waals surface area contributed by atoms with Crippen LogP contribution in [0.5, 0.6) is 11.5 Å². The Bertz CT molecular complexity index is 1030. The molecule has 1 heterocycles. The number of hydrogen-bond donors (Lipinski definition) is 2. The fourth-order valence-corrected chi connectivity index (χ4v) is 3.85. The Hall–Kier alpha value is -3.32. The van der Waals surface area contributed by atoms with E-state index >= 15 is 0 Å². The normalized spacial score (nSPS) is 18.0. The molecule has 2 aromatic rings. The molecule has 7 nitrogen and oxygen atoms in total. The Kier molecular flexibility index (Phi) is 6.65. The molecule has 0 bridgehead atoms. The molecule has 0 unspecified atom stereocenters. The first-order valence-electron chi connectivity index (χ1n) is 10.2. The van der Waals surface area contributed by atoms with Gasteiger partial charge in [0.25, 0.3) is 11.7 Å². The molecule has 164 valence electrons. The van der Waals surface area contributed by atoms with Crippen LogP contribution < -0.4 is 14.4 Å². The van der Waals surface area contributed by atoms with Gasteiger partial charge in [-0.25, -0.2) is 0 Å². The maximum Gasteiger partial charge on any atom is 0.295 e. The molecule has 2 aromatic carbocycles. The van der Waals surface area contributed by atoms with Crippen LogP contribution in [0.4, 0.5) is 0 Å². The molecule has 1 aliphatic rings. The zero-order valence-electron chi connectivity index (χ0n) is 18.6. The fourth-order valence-electron chi connectivity index (χ4n) is 3.85. The average Bonchev–Trinajstić information content (AvgIpc) is 3.01. The number of likely N-dealkylation sites (tertiary alicyclic amines) is 1. The van der Waals surface area contributed by atoms with Crippen molar-refractivity contribution in [2.45, 2.75) is 13.0 Å². The zero-order chi connectivity index (χ0) is 22.7. The monoisotopic (exact) mass is 425 g/mol. The van der Waals surface area contributed by atoms with E-state index in [1.807, 2.05) is 39.2 Å². The van der Waals surface area contributed by atoms with Crippen molar-refractivity contribution >= 4 is 17.4 Å². The number of ether oxygens (including phenoxy) is 2. The van der Waals surface area contributed by atoms with Crippen LogP contribution in [0, 0.1) is 6.92 Å². The molecule has 1 aliphatic heterocycles. The number of para-hydroxylation sites is 1. The van der Waals surface area contributed by atoms with Gasteiger partial charge in [0, 0.05) is 11.1 Å². The van der Waals surface area contributed by atoms with Gasteiger partial charge in [-0.15, -0.1) is 0 Å². The second-order valence-electron chi connectivity index (χ2n) is 7.88. The van der Waals surface area contributed by atoms with Crippen molar-refractivity contribution in [2.24, 2.45) is 0 Å². The van der Waals surface area contributed by atoms with Gasteiger partial charge in [-0.2, -0.15) is 0 Å². The van der Waals surface area contributed by atoms with Gasteiger partial charge in [0.2, 0.25) is 0 Å². The minimum atomic E-state index is -0.738. The van der Waals surface area contributed by atoms with Crippen LogP contribution in [0.1, 0.15) is 22.7 Å². The molecule has 0 saturated carbocycles. The number of benzene rings is 2. The van der Waals surface area contributed by atoms with Crippen LogP contribution in [0.15, 0.2) is 48.0 Å². The van der Waals surface area contributed by atoms with Crippen LogP contribution in [-0.4, -0.2) is 63.1 Å². The third kappa shape index (κ3) is 4.27. The molecule has 0 radical (unpaired) electrons. The number of aliphatic hydroxyl groups excluding tert-OH is 1. The van der Waals surface area contributed by atoms with Crippen molar-refractivity contribution in [2.75, 3.05) is 41.4 Å². The summed E-state index contributed by atoms with van der Waals surface area (Å²) in [5.41, 5.74) is 1.98. The van der Waals surface area contributed by atoms with E-state index in [4.69, 9.17) is 9.47 Å². The number of nitrogens with zero attached hydrogens (tertiary/aromatic N) is 1. The number of quaternary nitrogens is 1. The summed E-state index contributed by atoms with van der Waals surface area (Å²) >= 11 is 0. The van der Waals surface area contributed by atoms with Gasteiger partial charge in [0.1, 0.15) is 17.3 Å². The van der Waals surface area contributed by atoms with Gasteiger partial charge in [-0.3, -0.25) is 9.59 Å². The Morgan fingerprint density at radius 1 is 1.06 bits per heavy atom. The Morgan fingerprint density at radius 3 is 2.35 bits per heavy atom. The molecular weight excluding hydrogens is 396 g/mol. The van der Waals surface area contributed by atoms with Gasteiger partial charge in [-0.05, 0) is 36.8 Å². The number of aryl methyl sites for hydroxylation is 1. The first kappa shape index (κ1) is 22.4. The van der Waals surface area contributed by atoms with E-state index in [0.717, 1.165) is 10.5 Å². The van der Waals surface area contributed by atoms with E-state index in [1.54, 1.807) is 38.5 Å². The number of aliphatic hydroxyl groups is 1. The molecule has 3 rings (SSSR count). The van der Waals surface area contributed by atoms with Crippen molar-refractivity contribution in [1.82, 2.24) is 4.90 Å². The summed E-state index contributed by atoms with van der Waals surface area (Å²) in [6.07, 6.45) is 0. The summed E-state index contributed by atoms with van der Waals surface area (Å²) in [5.74, 6) is -0.306. The molecule has 0 aliphatic carbocycles. The molecule has 1 saturated heterocycles. The fraction of sp³-hybridized carbons (Fsp3) is 0.333. The lowest BCUT2D eigenvalue weighted by Gasteiger charge is -2.26. The largest absolute Gasteiger partial charge is 0.507 e. The van der Waals surface area contributed by atoms with Gasteiger partial charge < -0.3 is 24.4 Å². The van der Waals surface area contributed by atoms with Gasteiger partial charge in [0.15, 0.2) is 0 Å². The van der Waals surface area contributed by atoms with E-state index in [1.165, 1.54) is 4.90 Å². The number of nitrogens with one attached hydrogen (secondary N) is 1. The minimum Gasteiger partial charge on any atom is -0.507 e. The molecule has 1 amide bonds. The van der Waals surface area contributed by atoms with Crippen LogP contribution in [0.3, 0.4) is 0 Å². The maximum atomic E-state index is 13.1. The zero-order valence-corrected chi connectivity index (χ0v) is 18.6. The van der Waals surface area contributed by atoms with Gasteiger partial charge in [-0.1, -0.05) is 18.2 Å². The third-order valence-corrected chi connectivity index (χ3v) is 5.49. The maximum absolute atomic E-state index is 13.1. The lowest BCUT2D eigenvalue weighted by Crippen LogP contribution is -3.06. The first-order valence-corrected chi connectivity index (χ1v) is 10.2. The second-order valence-corrected chi connectivity index (χ2v) is 7.88. The highest BCUT2D eigenvalue weighted by Crippen LogP contribution is 2.42. The van der Waals surface area contributed by atoms with E-state index in [9.17, 15) is 14.7 Å². The van der Waals surface area contributed by atoms with Crippen molar-refractivity contribution in [3.05, 3.63) is 64.7 Å². The summed E-state index contributed by atoms with van der Waals surface area (Å²) in [4.78, 5) is 28.7. The van der Waals surface area contributed by atoms with Crippen LogP contribution >= 0.6 is 0 Å². The molecule has 0 aromatic heterocycles. The first-order chi connectivity index (χ1) is 14.8. The molecule has 31 heavy (non-hydrogen) atoms. The van der Waals surface area contributed by atoms with E-state index in [2.05, 4.69) is 0 Å². The average molecular weight is 426 g/mol. The van der Waals surface area contributed by atoms with Crippen molar-refractivity contribution < 1.29 is 29.1 Å². The number of rotatable bonds is 7. The predicted octanol–water partition coefficient (Wildman–Crippen LogP) is 1.58. The summed E-state index contributed by atoms with van der Waals surface area (Å²) < 4.78 is 10.8. The van der Waals surface area contributed by atoms with Crippen LogP contribution in [-0.2, 0) is 9.59 Å². The van der Waals surface area contributed by atoms with Crippen molar-refractivity contribution in [3.8, 4) is 11.5 Å². The minimum absolute atomic E-state index is 0.0628. The van der Waals surface area contributed by atoms with E-state index < -0.39 is 17.7 Å².